The Morgan fingerprint density at radius 1 is 1.40 bits per heavy atom. The molecule has 88 valence electrons. The number of carbonyl (C=O) groups is 2. The van der Waals surface area contributed by atoms with Gasteiger partial charge in [-0.15, -0.1) is 0 Å². The summed E-state index contributed by atoms with van der Waals surface area (Å²) >= 11 is 0. The summed E-state index contributed by atoms with van der Waals surface area (Å²) < 4.78 is 0. The van der Waals surface area contributed by atoms with E-state index in [1.807, 2.05) is 13.8 Å². The van der Waals surface area contributed by atoms with Gasteiger partial charge in [0.2, 0.25) is 5.91 Å². The first-order chi connectivity index (χ1) is 6.90. The van der Waals surface area contributed by atoms with Gasteiger partial charge in [0.15, 0.2) is 0 Å². The molecule has 1 unspecified atom stereocenters. The summed E-state index contributed by atoms with van der Waals surface area (Å²) in [5, 5.41) is 11.0. The molecule has 4 N–H and O–H groups in total. The van der Waals surface area contributed by atoms with E-state index >= 15 is 0 Å². The summed E-state index contributed by atoms with van der Waals surface area (Å²) in [4.78, 5) is 22.0. The second kappa shape index (κ2) is 6.40. The molecule has 5 heteroatoms. The van der Waals surface area contributed by atoms with E-state index in [0.29, 0.717) is 0 Å². The van der Waals surface area contributed by atoms with Crippen LogP contribution in [-0.2, 0) is 9.59 Å². The maximum Gasteiger partial charge on any atom is 0.325 e. The van der Waals surface area contributed by atoms with Gasteiger partial charge in [-0.25, -0.2) is 0 Å². The van der Waals surface area contributed by atoms with Gasteiger partial charge in [0.25, 0.3) is 0 Å². The van der Waals surface area contributed by atoms with Crippen LogP contribution in [0.5, 0.6) is 0 Å². The van der Waals surface area contributed by atoms with Crippen molar-refractivity contribution in [3.8, 4) is 0 Å². The molecule has 5 nitrogen and oxygen atoms in total. The smallest absolute Gasteiger partial charge is 0.325 e. The standard InChI is InChI=1S/C10H20N2O3/c1-4-5-6(2)8(11)9(13)12-7(3)10(14)15/h6-8H,4-5,11H2,1-3H3,(H,12,13)(H,14,15)/t6?,7-,8-/m0/s1. The lowest BCUT2D eigenvalue weighted by Crippen LogP contribution is -2.49. The summed E-state index contributed by atoms with van der Waals surface area (Å²) in [6, 6.07) is -1.52. The van der Waals surface area contributed by atoms with Crippen LogP contribution in [0.1, 0.15) is 33.6 Å². The van der Waals surface area contributed by atoms with E-state index in [0.717, 1.165) is 12.8 Å². The lowest BCUT2D eigenvalue weighted by Gasteiger charge is -2.20. The Balaban J connectivity index is 4.14. The average molecular weight is 216 g/mol. The Morgan fingerprint density at radius 3 is 2.33 bits per heavy atom. The number of carbonyl (C=O) groups excluding carboxylic acids is 1. The van der Waals surface area contributed by atoms with E-state index in [1.165, 1.54) is 6.92 Å². The van der Waals surface area contributed by atoms with Crippen LogP contribution in [0, 0.1) is 5.92 Å². The Kier molecular flexibility index (Phi) is 5.93. The highest BCUT2D eigenvalue weighted by Gasteiger charge is 2.23. The molecule has 0 aliphatic carbocycles. The van der Waals surface area contributed by atoms with Crippen LogP contribution in [0.25, 0.3) is 0 Å². The van der Waals surface area contributed by atoms with Crippen LogP contribution < -0.4 is 11.1 Å². The first-order valence-electron chi connectivity index (χ1n) is 5.18. The maximum absolute atomic E-state index is 11.5. The van der Waals surface area contributed by atoms with Crippen molar-refractivity contribution in [2.75, 3.05) is 0 Å². The number of rotatable bonds is 6. The van der Waals surface area contributed by atoms with Crippen molar-refractivity contribution in [3.63, 3.8) is 0 Å². The third kappa shape index (κ3) is 4.78. The third-order valence-corrected chi connectivity index (χ3v) is 2.39. The molecule has 0 bridgehead atoms. The summed E-state index contributed by atoms with van der Waals surface area (Å²) in [6.45, 7) is 5.32. The van der Waals surface area contributed by atoms with Gasteiger partial charge in [-0.1, -0.05) is 20.3 Å². The predicted molar refractivity (Wildman–Crippen MR) is 57.3 cm³/mol. The van der Waals surface area contributed by atoms with Crippen LogP contribution in [0.15, 0.2) is 0 Å². The molecular formula is C10H20N2O3. The zero-order valence-electron chi connectivity index (χ0n) is 9.49. The van der Waals surface area contributed by atoms with E-state index < -0.39 is 24.0 Å². The number of nitrogens with two attached hydrogens (primary N) is 1. The Labute approximate surface area is 90.0 Å². The molecule has 0 radical (unpaired) electrons. The highest BCUT2D eigenvalue weighted by atomic mass is 16.4. The number of carboxylic acids is 1. The molecule has 0 spiro atoms. The quantitative estimate of drug-likeness (QED) is 0.597. The van der Waals surface area contributed by atoms with E-state index in [4.69, 9.17) is 10.8 Å². The fourth-order valence-electron chi connectivity index (χ4n) is 1.26. The van der Waals surface area contributed by atoms with Crippen molar-refractivity contribution in [1.82, 2.24) is 5.32 Å². The van der Waals surface area contributed by atoms with E-state index in [9.17, 15) is 9.59 Å². The first kappa shape index (κ1) is 13.9. The topological polar surface area (TPSA) is 92.4 Å². The van der Waals surface area contributed by atoms with Crippen LogP contribution in [0.4, 0.5) is 0 Å². The van der Waals surface area contributed by atoms with E-state index in [2.05, 4.69) is 5.32 Å². The molecule has 0 aromatic rings. The van der Waals surface area contributed by atoms with Gasteiger partial charge in [-0.05, 0) is 19.3 Å². The fourth-order valence-corrected chi connectivity index (χ4v) is 1.26. The Hall–Kier alpha value is -1.10. The highest BCUT2D eigenvalue weighted by Crippen LogP contribution is 2.08. The molecular weight excluding hydrogens is 196 g/mol. The summed E-state index contributed by atoms with van der Waals surface area (Å²) in [5.41, 5.74) is 5.69. The third-order valence-electron chi connectivity index (χ3n) is 2.39. The van der Waals surface area contributed by atoms with Gasteiger partial charge in [-0.3, -0.25) is 9.59 Å². The van der Waals surface area contributed by atoms with E-state index in [-0.39, 0.29) is 5.92 Å². The molecule has 0 aromatic carbocycles. The molecule has 0 heterocycles. The number of hydrogen-bond acceptors (Lipinski definition) is 3. The SMILES string of the molecule is CCCC(C)[C@H](N)C(=O)N[C@@H](C)C(=O)O. The van der Waals surface area contributed by atoms with Crippen molar-refractivity contribution in [2.24, 2.45) is 11.7 Å². The van der Waals surface area contributed by atoms with Gasteiger partial charge in [0.05, 0.1) is 6.04 Å². The normalized spacial score (nSPS) is 16.5. The maximum atomic E-state index is 11.5. The molecule has 3 atom stereocenters. The molecule has 0 saturated carbocycles. The molecule has 0 aliphatic rings. The van der Waals surface area contributed by atoms with Crippen molar-refractivity contribution in [3.05, 3.63) is 0 Å². The minimum Gasteiger partial charge on any atom is -0.480 e. The molecule has 0 rings (SSSR count). The van der Waals surface area contributed by atoms with Crippen molar-refractivity contribution < 1.29 is 14.7 Å². The monoisotopic (exact) mass is 216 g/mol. The number of carboxylic acid groups (broad SMARTS) is 1. The van der Waals surface area contributed by atoms with Crippen molar-refractivity contribution in [2.45, 2.75) is 45.7 Å². The van der Waals surface area contributed by atoms with Gasteiger partial charge in [0.1, 0.15) is 6.04 Å². The van der Waals surface area contributed by atoms with Gasteiger partial charge in [-0.2, -0.15) is 0 Å². The number of amides is 1. The lowest BCUT2D eigenvalue weighted by atomic mass is 9.97. The average Bonchev–Trinajstić information content (AvgIpc) is 2.16. The number of nitrogens with one attached hydrogen (secondary N) is 1. The largest absolute Gasteiger partial charge is 0.480 e. The first-order valence-corrected chi connectivity index (χ1v) is 5.18. The summed E-state index contributed by atoms with van der Waals surface area (Å²) in [5.74, 6) is -1.39. The van der Waals surface area contributed by atoms with Crippen molar-refractivity contribution in [1.29, 1.82) is 0 Å². The van der Waals surface area contributed by atoms with Gasteiger partial charge < -0.3 is 16.2 Å². The summed E-state index contributed by atoms with van der Waals surface area (Å²) in [6.07, 6.45) is 1.81. The van der Waals surface area contributed by atoms with Gasteiger partial charge in [0, 0.05) is 0 Å². The van der Waals surface area contributed by atoms with E-state index in [1.54, 1.807) is 0 Å². The minimum absolute atomic E-state index is 0.0657. The Bertz CT molecular complexity index is 231. The zero-order valence-corrected chi connectivity index (χ0v) is 9.49. The molecule has 0 fully saturated rings. The highest BCUT2D eigenvalue weighted by molar-refractivity contribution is 5.86. The number of hydrogen-bond donors (Lipinski definition) is 3. The second-order valence-corrected chi connectivity index (χ2v) is 3.86. The molecule has 0 saturated heterocycles. The van der Waals surface area contributed by atoms with Crippen LogP contribution in [0.3, 0.4) is 0 Å². The predicted octanol–water partition coefficient (Wildman–Crippen LogP) is 0.339. The van der Waals surface area contributed by atoms with Crippen molar-refractivity contribution >= 4 is 11.9 Å². The van der Waals surface area contributed by atoms with Crippen LogP contribution in [0.2, 0.25) is 0 Å². The minimum atomic E-state index is -1.06. The van der Waals surface area contributed by atoms with Gasteiger partial charge >= 0.3 is 5.97 Å². The molecule has 1 amide bonds. The Morgan fingerprint density at radius 2 is 1.93 bits per heavy atom. The summed E-state index contributed by atoms with van der Waals surface area (Å²) in [7, 11) is 0. The van der Waals surface area contributed by atoms with Crippen LogP contribution in [-0.4, -0.2) is 29.1 Å². The molecule has 15 heavy (non-hydrogen) atoms. The fraction of sp³-hybridized carbons (Fsp3) is 0.800. The second-order valence-electron chi connectivity index (χ2n) is 3.86. The zero-order chi connectivity index (χ0) is 12.0. The molecule has 0 aromatic heterocycles. The lowest BCUT2D eigenvalue weighted by molar-refractivity contribution is -0.141. The molecule has 0 aliphatic heterocycles. The number of aliphatic carboxylic acids is 1. The van der Waals surface area contributed by atoms with Crippen LogP contribution >= 0.6 is 0 Å².